The molecular formula is C7H9FN2O. The van der Waals surface area contributed by atoms with Crippen LogP contribution in [-0.4, -0.2) is 5.11 Å². The molecule has 0 fully saturated rings. The summed E-state index contributed by atoms with van der Waals surface area (Å²) >= 11 is 0. The maximum Gasteiger partial charge on any atom is 0.165 e. The highest BCUT2D eigenvalue weighted by Crippen LogP contribution is 2.19. The van der Waals surface area contributed by atoms with Crippen LogP contribution in [0.5, 0.6) is 5.75 Å². The molecule has 3 nitrogen and oxygen atoms in total. The molecule has 0 atom stereocenters. The monoisotopic (exact) mass is 156 g/mol. The number of nitrogens with two attached hydrogens (primary N) is 1. The molecule has 0 heterocycles. The molecule has 0 aliphatic carbocycles. The van der Waals surface area contributed by atoms with Gasteiger partial charge in [-0.1, -0.05) is 12.1 Å². The lowest BCUT2D eigenvalue weighted by Gasteiger charge is -2.02. The van der Waals surface area contributed by atoms with E-state index in [9.17, 15) is 4.39 Å². The van der Waals surface area contributed by atoms with Crippen LogP contribution in [0, 0.1) is 5.82 Å². The summed E-state index contributed by atoms with van der Waals surface area (Å²) in [5.74, 6) is 4.03. The van der Waals surface area contributed by atoms with Crippen molar-refractivity contribution in [3.05, 3.63) is 29.6 Å². The molecule has 1 aromatic rings. The first-order valence-corrected chi connectivity index (χ1v) is 3.15. The Balaban J connectivity index is 2.96. The van der Waals surface area contributed by atoms with Crippen molar-refractivity contribution >= 4 is 0 Å². The lowest BCUT2D eigenvalue weighted by atomic mass is 10.2. The Kier molecular flexibility index (Phi) is 2.40. The Morgan fingerprint density at radius 3 is 2.91 bits per heavy atom. The number of phenols is 1. The Hall–Kier alpha value is -1.13. The highest BCUT2D eigenvalue weighted by atomic mass is 19.1. The summed E-state index contributed by atoms with van der Waals surface area (Å²) in [5, 5.41) is 9.06. The van der Waals surface area contributed by atoms with E-state index in [4.69, 9.17) is 10.9 Å². The zero-order chi connectivity index (χ0) is 8.27. The molecule has 0 unspecified atom stereocenters. The van der Waals surface area contributed by atoms with Crippen LogP contribution in [0.1, 0.15) is 5.56 Å². The van der Waals surface area contributed by atoms with Gasteiger partial charge >= 0.3 is 0 Å². The molecule has 0 aliphatic heterocycles. The number of hydrogen-bond acceptors (Lipinski definition) is 3. The highest BCUT2D eigenvalue weighted by molar-refractivity contribution is 5.33. The molecular weight excluding hydrogens is 147 g/mol. The maximum atomic E-state index is 12.6. The van der Waals surface area contributed by atoms with E-state index in [1.54, 1.807) is 6.07 Å². The molecule has 0 saturated carbocycles. The largest absolute Gasteiger partial charge is 0.505 e. The number of rotatable bonds is 2. The van der Waals surface area contributed by atoms with Crippen molar-refractivity contribution < 1.29 is 9.50 Å². The van der Waals surface area contributed by atoms with Gasteiger partial charge in [-0.3, -0.25) is 11.3 Å². The van der Waals surface area contributed by atoms with E-state index in [0.29, 0.717) is 5.56 Å². The number of hydrogen-bond donors (Lipinski definition) is 3. The standard InChI is InChI=1S/C7H9FN2O/c8-6-3-1-2-5(4-10-9)7(6)11/h1-3,10-11H,4,9H2. The lowest BCUT2D eigenvalue weighted by molar-refractivity contribution is 0.423. The average molecular weight is 156 g/mol. The molecule has 60 valence electrons. The summed E-state index contributed by atoms with van der Waals surface area (Å²) in [6.07, 6.45) is 0. The van der Waals surface area contributed by atoms with E-state index in [2.05, 4.69) is 5.43 Å². The smallest absolute Gasteiger partial charge is 0.165 e. The van der Waals surface area contributed by atoms with Crippen molar-refractivity contribution in [2.45, 2.75) is 6.54 Å². The summed E-state index contributed by atoms with van der Waals surface area (Å²) in [6.45, 7) is 0.254. The second-order valence-corrected chi connectivity index (χ2v) is 2.13. The molecule has 4 heteroatoms. The normalized spacial score (nSPS) is 10.0. The minimum atomic E-state index is -0.627. The topological polar surface area (TPSA) is 58.3 Å². The van der Waals surface area contributed by atoms with Crippen molar-refractivity contribution in [1.29, 1.82) is 0 Å². The van der Waals surface area contributed by atoms with Crippen molar-refractivity contribution in [2.75, 3.05) is 0 Å². The number of para-hydroxylation sites is 1. The van der Waals surface area contributed by atoms with E-state index < -0.39 is 5.82 Å². The highest BCUT2D eigenvalue weighted by Gasteiger charge is 2.03. The molecule has 1 rings (SSSR count). The van der Waals surface area contributed by atoms with Gasteiger partial charge in [-0.2, -0.15) is 0 Å². The van der Waals surface area contributed by atoms with Crippen LogP contribution < -0.4 is 11.3 Å². The van der Waals surface area contributed by atoms with E-state index in [-0.39, 0.29) is 12.3 Å². The SMILES string of the molecule is NNCc1cccc(F)c1O. The van der Waals surface area contributed by atoms with Gasteiger partial charge in [0.05, 0.1) is 0 Å². The van der Waals surface area contributed by atoms with Gasteiger partial charge in [-0.05, 0) is 6.07 Å². The fraction of sp³-hybridized carbons (Fsp3) is 0.143. The van der Waals surface area contributed by atoms with Crippen LogP contribution in [-0.2, 0) is 6.54 Å². The molecule has 0 saturated heterocycles. The van der Waals surface area contributed by atoms with Gasteiger partial charge in [0.15, 0.2) is 11.6 Å². The quantitative estimate of drug-likeness (QED) is 0.431. The predicted molar refractivity (Wildman–Crippen MR) is 39.1 cm³/mol. The van der Waals surface area contributed by atoms with Gasteiger partial charge in [0.1, 0.15) is 0 Å². The predicted octanol–water partition coefficient (Wildman–Crippen LogP) is 0.495. The molecule has 0 aromatic heterocycles. The van der Waals surface area contributed by atoms with Gasteiger partial charge in [0.25, 0.3) is 0 Å². The van der Waals surface area contributed by atoms with Crippen LogP contribution in [0.3, 0.4) is 0 Å². The number of aromatic hydroxyl groups is 1. The number of benzene rings is 1. The van der Waals surface area contributed by atoms with Gasteiger partial charge in [0.2, 0.25) is 0 Å². The molecule has 0 radical (unpaired) electrons. The summed E-state index contributed by atoms with van der Waals surface area (Å²) in [7, 11) is 0. The lowest BCUT2D eigenvalue weighted by Crippen LogP contribution is -2.20. The number of phenolic OH excluding ortho intramolecular Hbond substituents is 1. The second-order valence-electron chi connectivity index (χ2n) is 2.13. The zero-order valence-electron chi connectivity index (χ0n) is 5.84. The first-order valence-electron chi connectivity index (χ1n) is 3.15. The van der Waals surface area contributed by atoms with Gasteiger partial charge < -0.3 is 5.11 Å². The van der Waals surface area contributed by atoms with Crippen LogP contribution in [0.15, 0.2) is 18.2 Å². The number of nitrogens with one attached hydrogen (secondary N) is 1. The third-order valence-electron chi connectivity index (χ3n) is 1.36. The van der Waals surface area contributed by atoms with Crippen LogP contribution in [0.2, 0.25) is 0 Å². The first-order chi connectivity index (χ1) is 5.25. The summed E-state index contributed by atoms with van der Waals surface area (Å²) in [4.78, 5) is 0. The Labute approximate surface area is 63.6 Å². The summed E-state index contributed by atoms with van der Waals surface area (Å²) in [6, 6.07) is 4.30. The Bertz CT molecular complexity index is 252. The van der Waals surface area contributed by atoms with E-state index >= 15 is 0 Å². The molecule has 1 aromatic carbocycles. The minimum absolute atomic E-state index is 0.254. The molecule has 0 bridgehead atoms. The van der Waals surface area contributed by atoms with E-state index in [0.717, 1.165) is 0 Å². The second kappa shape index (κ2) is 3.32. The fourth-order valence-corrected chi connectivity index (χ4v) is 0.813. The fourth-order valence-electron chi connectivity index (χ4n) is 0.813. The number of hydrazine groups is 1. The van der Waals surface area contributed by atoms with E-state index in [1.807, 2.05) is 0 Å². The Morgan fingerprint density at radius 1 is 1.55 bits per heavy atom. The van der Waals surface area contributed by atoms with Gasteiger partial charge in [-0.15, -0.1) is 0 Å². The molecule has 0 spiro atoms. The summed E-state index contributed by atoms with van der Waals surface area (Å²) in [5.41, 5.74) is 2.78. The molecule has 0 aliphatic rings. The summed E-state index contributed by atoms with van der Waals surface area (Å²) < 4.78 is 12.6. The third kappa shape index (κ3) is 1.66. The minimum Gasteiger partial charge on any atom is -0.505 e. The maximum absolute atomic E-state index is 12.6. The molecule has 4 N–H and O–H groups in total. The van der Waals surface area contributed by atoms with E-state index in [1.165, 1.54) is 12.1 Å². The van der Waals surface area contributed by atoms with Crippen LogP contribution >= 0.6 is 0 Å². The molecule has 11 heavy (non-hydrogen) atoms. The Morgan fingerprint density at radius 2 is 2.27 bits per heavy atom. The van der Waals surface area contributed by atoms with Crippen molar-refractivity contribution in [3.63, 3.8) is 0 Å². The first kappa shape index (κ1) is 7.97. The van der Waals surface area contributed by atoms with Gasteiger partial charge in [0, 0.05) is 12.1 Å². The van der Waals surface area contributed by atoms with Crippen LogP contribution in [0.4, 0.5) is 4.39 Å². The zero-order valence-corrected chi connectivity index (χ0v) is 5.84. The third-order valence-corrected chi connectivity index (χ3v) is 1.36. The van der Waals surface area contributed by atoms with Crippen molar-refractivity contribution in [2.24, 2.45) is 5.84 Å². The number of halogens is 1. The van der Waals surface area contributed by atoms with Crippen molar-refractivity contribution in [1.82, 2.24) is 5.43 Å². The van der Waals surface area contributed by atoms with Gasteiger partial charge in [-0.25, -0.2) is 4.39 Å². The average Bonchev–Trinajstić information content (AvgIpc) is 1.99. The van der Waals surface area contributed by atoms with Crippen LogP contribution in [0.25, 0.3) is 0 Å². The van der Waals surface area contributed by atoms with Crippen molar-refractivity contribution in [3.8, 4) is 5.75 Å². The molecule has 0 amide bonds.